The predicted molar refractivity (Wildman–Crippen MR) is 92.8 cm³/mol. The van der Waals surface area contributed by atoms with E-state index < -0.39 is 12.0 Å². The minimum absolute atomic E-state index is 0.324. The van der Waals surface area contributed by atoms with Gasteiger partial charge in [0.1, 0.15) is 0 Å². The van der Waals surface area contributed by atoms with Gasteiger partial charge in [0.05, 0.1) is 0 Å². The number of amides is 2. The molecule has 2 N–H and O–H groups in total. The van der Waals surface area contributed by atoms with Crippen LogP contribution in [0.1, 0.15) is 10.4 Å². The zero-order valence-corrected chi connectivity index (χ0v) is 12.8. The number of carbonyl (C=O) groups excluding carboxylic acids is 1. The van der Waals surface area contributed by atoms with Crippen LogP contribution in [0.5, 0.6) is 0 Å². The molecule has 4 heteroatoms. The first-order valence-electron chi connectivity index (χ1n) is 7.45. The van der Waals surface area contributed by atoms with Crippen molar-refractivity contribution in [3.63, 3.8) is 0 Å². The number of hydrogen-bond donors (Lipinski definition) is 2. The van der Waals surface area contributed by atoms with Crippen molar-refractivity contribution in [1.29, 1.82) is 0 Å². The number of hydrogen-bond acceptors (Lipinski definition) is 2. The van der Waals surface area contributed by atoms with Crippen molar-refractivity contribution in [3.05, 3.63) is 84.4 Å². The molecule has 0 heterocycles. The summed E-state index contributed by atoms with van der Waals surface area (Å²) in [7, 11) is 0. The summed E-state index contributed by atoms with van der Waals surface area (Å²) in [6.45, 7) is 0. The van der Waals surface area contributed by atoms with E-state index in [9.17, 15) is 9.59 Å². The first-order chi connectivity index (χ1) is 11.7. The van der Waals surface area contributed by atoms with Crippen LogP contribution in [0.3, 0.4) is 0 Å². The standard InChI is InChI=1S/C20H15NO3/c22-19(21-20(23)24)17-13-7-12-16(14-8-3-1-4-9-14)18(17)15-10-5-2-6-11-15/h1-13H,(H,21,22)(H,23,24). The minimum Gasteiger partial charge on any atom is -0.465 e. The summed E-state index contributed by atoms with van der Waals surface area (Å²) in [6.07, 6.45) is -1.37. The summed E-state index contributed by atoms with van der Waals surface area (Å²) in [5.74, 6) is -0.640. The van der Waals surface area contributed by atoms with E-state index in [1.54, 1.807) is 12.1 Å². The van der Waals surface area contributed by atoms with Crippen molar-refractivity contribution in [2.75, 3.05) is 0 Å². The Morgan fingerprint density at radius 3 is 1.88 bits per heavy atom. The Hall–Kier alpha value is -3.40. The van der Waals surface area contributed by atoms with Crippen LogP contribution in [0, 0.1) is 0 Å². The first-order valence-corrected chi connectivity index (χ1v) is 7.45. The molecule has 3 rings (SSSR count). The molecule has 0 aromatic heterocycles. The number of carboxylic acid groups (broad SMARTS) is 1. The lowest BCUT2D eigenvalue weighted by molar-refractivity contribution is 0.0948. The molecule has 0 spiro atoms. The average Bonchev–Trinajstić information content (AvgIpc) is 2.62. The molecule has 118 valence electrons. The second kappa shape index (κ2) is 6.79. The van der Waals surface area contributed by atoms with Gasteiger partial charge in [-0.2, -0.15) is 0 Å². The van der Waals surface area contributed by atoms with E-state index in [0.717, 1.165) is 16.7 Å². The summed E-state index contributed by atoms with van der Waals surface area (Å²) in [5.41, 5.74) is 3.72. The van der Waals surface area contributed by atoms with Crippen LogP contribution >= 0.6 is 0 Å². The normalized spacial score (nSPS) is 10.2. The highest BCUT2D eigenvalue weighted by Crippen LogP contribution is 2.34. The Kier molecular flexibility index (Phi) is 4.38. The fourth-order valence-corrected chi connectivity index (χ4v) is 2.68. The molecule has 0 atom stereocenters. The Morgan fingerprint density at radius 2 is 1.29 bits per heavy atom. The highest BCUT2D eigenvalue weighted by molar-refractivity contribution is 6.09. The van der Waals surface area contributed by atoms with Crippen molar-refractivity contribution in [1.82, 2.24) is 5.32 Å². The smallest absolute Gasteiger partial charge is 0.411 e. The molecule has 2 amide bonds. The van der Waals surface area contributed by atoms with Crippen LogP contribution in [0.4, 0.5) is 4.79 Å². The maximum atomic E-state index is 12.3. The molecule has 0 radical (unpaired) electrons. The van der Waals surface area contributed by atoms with E-state index in [2.05, 4.69) is 0 Å². The molecule has 3 aromatic carbocycles. The fraction of sp³-hybridized carbons (Fsp3) is 0. The lowest BCUT2D eigenvalue weighted by atomic mass is 9.90. The van der Waals surface area contributed by atoms with Gasteiger partial charge in [0.15, 0.2) is 0 Å². The highest BCUT2D eigenvalue weighted by Gasteiger charge is 2.18. The topological polar surface area (TPSA) is 66.4 Å². The molecule has 0 saturated carbocycles. The summed E-state index contributed by atoms with van der Waals surface area (Å²) in [5, 5.41) is 10.8. The SMILES string of the molecule is O=C(O)NC(=O)c1cccc(-c2ccccc2)c1-c1ccccc1. The fourth-order valence-electron chi connectivity index (χ4n) is 2.68. The molecule has 0 fully saturated rings. The minimum atomic E-state index is -1.37. The van der Waals surface area contributed by atoms with Crippen molar-refractivity contribution in [2.24, 2.45) is 0 Å². The van der Waals surface area contributed by atoms with E-state index in [1.165, 1.54) is 0 Å². The van der Waals surface area contributed by atoms with Crippen LogP contribution in [0.25, 0.3) is 22.3 Å². The summed E-state index contributed by atoms with van der Waals surface area (Å²) in [4.78, 5) is 23.2. The number of benzene rings is 3. The number of rotatable bonds is 3. The van der Waals surface area contributed by atoms with Gasteiger partial charge in [0.2, 0.25) is 0 Å². The molecule has 0 saturated heterocycles. The Morgan fingerprint density at radius 1 is 0.708 bits per heavy atom. The van der Waals surface area contributed by atoms with Crippen molar-refractivity contribution < 1.29 is 14.7 Å². The van der Waals surface area contributed by atoms with E-state index >= 15 is 0 Å². The van der Waals surface area contributed by atoms with E-state index in [4.69, 9.17) is 5.11 Å². The Bertz CT molecular complexity index is 874. The first kappa shape index (κ1) is 15.5. The van der Waals surface area contributed by atoms with Crippen LogP contribution in [0.2, 0.25) is 0 Å². The van der Waals surface area contributed by atoms with Crippen LogP contribution in [-0.2, 0) is 0 Å². The molecular formula is C20H15NO3. The molecule has 3 aromatic rings. The summed E-state index contributed by atoms with van der Waals surface area (Å²) in [6, 6.07) is 24.5. The molecule has 0 aliphatic carbocycles. The quantitative estimate of drug-likeness (QED) is 0.751. The number of imide groups is 1. The summed E-state index contributed by atoms with van der Waals surface area (Å²) < 4.78 is 0. The summed E-state index contributed by atoms with van der Waals surface area (Å²) >= 11 is 0. The monoisotopic (exact) mass is 317 g/mol. The zero-order valence-electron chi connectivity index (χ0n) is 12.8. The van der Waals surface area contributed by atoms with Crippen LogP contribution in [-0.4, -0.2) is 17.1 Å². The molecule has 4 nitrogen and oxygen atoms in total. The van der Waals surface area contributed by atoms with Crippen molar-refractivity contribution >= 4 is 12.0 Å². The van der Waals surface area contributed by atoms with Gasteiger partial charge in [-0.05, 0) is 22.8 Å². The van der Waals surface area contributed by atoms with Gasteiger partial charge < -0.3 is 5.11 Å². The van der Waals surface area contributed by atoms with Gasteiger partial charge in [-0.3, -0.25) is 10.1 Å². The molecule has 0 aliphatic rings. The number of nitrogens with one attached hydrogen (secondary N) is 1. The van der Waals surface area contributed by atoms with Gasteiger partial charge in [-0.25, -0.2) is 4.79 Å². The third-order valence-corrected chi connectivity index (χ3v) is 3.68. The van der Waals surface area contributed by atoms with Gasteiger partial charge in [0.25, 0.3) is 5.91 Å². The predicted octanol–water partition coefficient (Wildman–Crippen LogP) is 4.43. The van der Waals surface area contributed by atoms with Crippen molar-refractivity contribution in [2.45, 2.75) is 0 Å². The maximum Gasteiger partial charge on any atom is 0.411 e. The highest BCUT2D eigenvalue weighted by atomic mass is 16.4. The Labute approximate surface area is 139 Å². The van der Waals surface area contributed by atoms with Crippen molar-refractivity contribution in [3.8, 4) is 22.3 Å². The molecule has 24 heavy (non-hydrogen) atoms. The van der Waals surface area contributed by atoms with Gasteiger partial charge in [-0.15, -0.1) is 0 Å². The molecular weight excluding hydrogens is 302 g/mol. The van der Waals surface area contributed by atoms with Crippen LogP contribution in [0.15, 0.2) is 78.9 Å². The molecule has 0 bridgehead atoms. The second-order valence-corrected chi connectivity index (χ2v) is 5.22. The lowest BCUT2D eigenvalue weighted by Gasteiger charge is -2.15. The zero-order chi connectivity index (χ0) is 16.9. The second-order valence-electron chi connectivity index (χ2n) is 5.22. The average molecular weight is 317 g/mol. The van der Waals surface area contributed by atoms with E-state index in [1.807, 2.05) is 72.0 Å². The maximum absolute atomic E-state index is 12.3. The lowest BCUT2D eigenvalue weighted by Crippen LogP contribution is -2.29. The third kappa shape index (κ3) is 3.17. The molecule has 0 unspecified atom stereocenters. The van der Waals surface area contributed by atoms with Crippen LogP contribution < -0.4 is 5.32 Å². The van der Waals surface area contributed by atoms with Gasteiger partial charge in [0, 0.05) is 11.1 Å². The van der Waals surface area contributed by atoms with Gasteiger partial charge in [-0.1, -0.05) is 72.8 Å². The van der Waals surface area contributed by atoms with E-state index in [0.29, 0.717) is 11.1 Å². The third-order valence-electron chi connectivity index (χ3n) is 3.68. The number of carbonyl (C=O) groups is 2. The van der Waals surface area contributed by atoms with E-state index in [-0.39, 0.29) is 0 Å². The largest absolute Gasteiger partial charge is 0.465 e. The van der Waals surface area contributed by atoms with Gasteiger partial charge >= 0.3 is 6.09 Å². The Balaban J connectivity index is 2.24. The molecule has 0 aliphatic heterocycles.